The molecule has 1 heterocycles. The van der Waals surface area contributed by atoms with Crippen LogP contribution in [-0.4, -0.2) is 50.8 Å². The highest BCUT2D eigenvalue weighted by Gasteiger charge is 2.31. The molecule has 0 radical (unpaired) electrons. The number of benzene rings is 2. The maximum atomic E-state index is 13.9. The first-order chi connectivity index (χ1) is 14.8. The van der Waals surface area contributed by atoms with E-state index in [2.05, 4.69) is 0 Å². The maximum Gasteiger partial charge on any atom is 0.236 e. The van der Waals surface area contributed by atoms with E-state index in [0.717, 1.165) is 5.56 Å². The lowest BCUT2D eigenvalue weighted by molar-refractivity contribution is -0.135. The van der Waals surface area contributed by atoms with Gasteiger partial charge in [0.2, 0.25) is 15.9 Å². The molecule has 0 atom stereocenters. The van der Waals surface area contributed by atoms with Gasteiger partial charge in [-0.15, -0.1) is 0 Å². The molecule has 1 saturated heterocycles. The number of sulfonamides is 1. The molecule has 0 aromatic heterocycles. The number of carbonyl (C=O) groups is 1. The first kappa shape index (κ1) is 23.0. The van der Waals surface area contributed by atoms with Gasteiger partial charge in [0.1, 0.15) is 0 Å². The number of piperidine rings is 1. The SMILES string of the molecule is COc1ccc(CN(C)C(=O)C2CCN(S(=O)(=O)/C=C/c3ccccc3)CC2)cc1F. The number of nitrogens with zero attached hydrogens (tertiary/aromatic N) is 2. The topological polar surface area (TPSA) is 66.9 Å². The third-order valence-electron chi connectivity index (χ3n) is 5.41. The van der Waals surface area contributed by atoms with Crippen molar-refractivity contribution in [3.8, 4) is 5.75 Å². The first-order valence-electron chi connectivity index (χ1n) is 10.1. The maximum absolute atomic E-state index is 13.9. The number of hydrogen-bond donors (Lipinski definition) is 0. The van der Waals surface area contributed by atoms with Gasteiger partial charge in [0.25, 0.3) is 0 Å². The van der Waals surface area contributed by atoms with E-state index in [0.29, 0.717) is 31.5 Å². The second kappa shape index (κ2) is 10.1. The molecule has 0 aliphatic carbocycles. The molecule has 0 N–H and O–H groups in total. The summed E-state index contributed by atoms with van der Waals surface area (Å²) in [6.07, 6.45) is 2.49. The van der Waals surface area contributed by atoms with E-state index in [4.69, 9.17) is 4.74 Å². The van der Waals surface area contributed by atoms with Gasteiger partial charge < -0.3 is 9.64 Å². The Bertz CT molecular complexity index is 1030. The van der Waals surface area contributed by atoms with Crippen LogP contribution in [0.15, 0.2) is 53.9 Å². The van der Waals surface area contributed by atoms with Crippen LogP contribution in [-0.2, 0) is 21.4 Å². The van der Waals surface area contributed by atoms with Crippen molar-refractivity contribution in [1.29, 1.82) is 0 Å². The quantitative estimate of drug-likeness (QED) is 0.653. The van der Waals surface area contributed by atoms with E-state index in [1.807, 2.05) is 30.3 Å². The van der Waals surface area contributed by atoms with Gasteiger partial charge in [0, 0.05) is 38.0 Å². The van der Waals surface area contributed by atoms with E-state index in [9.17, 15) is 17.6 Å². The summed E-state index contributed by atoms with van der Waals surface area (Å²) in [6.45, 7) is 0.865. The normalized spacial score (nSPS) is 15.8. The number of halogens is 1. The molecule has 2 aromatic rings. The first-order valence-corrected chi connectivity index (χ1v) is 11.6. The molecule has 1 amide bonds. The molecule has 0 unspecified atom stereocenters. The van der Waals surface area contributed by atoms with Crippen molar-refractivity contribution in [3.05, 3.63) is 70.9 Å². The molecule has 2 aromatic carbocycles. The highest BCUT2D eigenvalue weighted by molar-refractivity contribution is 7.92. The van der Waals surface area contributed by atoms with Crippen LogP contribution in [0.1, 0.15) is 24.0 Å². The van der Waals surface area contributed by atoms with Crippen molar-refractivity contribution in [2.45, 2.75) is 19.4 Å². The minimum atomic E-state index is -3.54. The molecule has 166 valence electrons. The highest BCUT2D eigenvalue weighted by Crippen LogP contribution is 2.24. The van der Waals surface area contributed by atoms with E-state index < -0.39 is 15.8 Å². The van der Waals surface area contributed by atoms with Gasteiger partial charge in [-0.05, 0) is 42.2 Å². The molecule has 8 heteroatoms. The largest absolute Gasteiger partial charge is 0.494 e. The van der Waals surface area contributed by atoms with Gasteiger partial charge in [0.05, 0.1) is 7.11 Å². The summed E-state index contributed by atoms with van der Waals surface area (Å²) in [5.41, 5.74) is 1.48. The molecule has 0 bridgehead atoms. The summed E-state index contributed by atoms with van der Waals surface area (Å²) in [5, 5.41) is 1.22. The predicted molar refractivity (Wildman–Crippen MR) is 118 cm³/mol. The summed E-state index contributed by atoms with van der Waals surface area (Å²) in [7, 11) is -0.459. The van der Waals surface area contributed by atoms with Gasteiger partial charge in [-0.2, -0.15) is 4.31 Å². The smallest absolute Gasteiger partial charge is 0.236 e. The lowest BCUT2D eigenvalue weighted by Gasteiger charge is -2.32. The molecule has 1 aliphatic rings. The van der Waals surface area contributed by atoms with Crippen molar-refractivity contribution in [1.82, 2.24) is 9.21 Å². The minimum Gasteiger partial charge on any atom is -0.494 e. The van der Waals surface area contributed by atoms with E-state index >= 15 is 0 Å². The monoisotopic (exact) mass is 446 g/mol. The Kier molecular flexibility index (Phi) is 7.46. The molecule has 31 heavy (non-hydrogen) atoms. The second-order valence-electron chi connectivity index (χ2n) is 7.59. The Labute approximate surface area is 183 Å². The summed E-state index contributed by atoms with van der Waals surface area (Å²) in [5.74, 6) is -0.624. The number of ether oxygens (including phenoxy) is 1. The number of amides is 1. The van der Waals surface area contributed by atoms with Crippen LogP contribution in [0.2, 0.25) is 0 Å². The minimum absolute atomic E-state index is 0.0619. The summed E-state index contributed by atoms with van der Waals surface area (Å²) < 4.78 is 45.4. The van der Waals surface area contributed by atoms with Gasteiger partial charge in [-0.25, -0.2) is 12.8 Å². The third-order valence-corrected chi connectivity index (χ3v) is 6.97. The molecule has 1 fully saturated rings. The number of carbonyl (C=O) groups excluding carboxylic acids is 1. The fourth-order valence-electron chi connectivity index (χ4n) is 3.64. The zero-order valence-corrected chi connectivity index (χ0v) is 18.5. The summed E-state index contributed by atoms with van der Waals surface area (Å²) >= 11 is 0. The highest BCUT2D eigenvalue weighted by atomic mass is 32.2. The van der Waals surface area contributed by atoms with Crippen molar-refractivity contribution in [2.75, 3.05) is 27.2 Å². The fraction of sp³-hybridized carbons (Fsp3) is 0.348. The summed E-state index contributed by atoms with van der Waals surface area (Å²) in [4.78, 5) is 14.4. The third kappa shape index (κ3) is 5.92. The molecular weight excluding hydrogens is 419 g/mol. The summed E-state index contributed by atoms with van der Waals surface area (Å²) in [6, 6.07) is 13.9. The Morgan fingerprint density at radius 2 is 1.87 bits per heavy atom. The van der Waals surface area contributed by atoms with E-state index in [-0.39, 0.29) is 24.1 Å². The molecule has 1 aliphatic heterocycles. The average molecular weight is 447 g/mol. The lowest BCUT2D eigenvalue weighted by atomic mass is 9.96. The zero-order valence-electron chi connectivity index (χ0n) is 17.7. The Morgan fingerprint density at radius 1 is 1.19 bits per heavy atom. The molecular formula is C23H27FN2O4S. The lowest BCUT2D eigenvalue weighted by Crippen LogP contribution is -2.42. The zero-order chi connectivity index (χ0) is 22.4. The van der Waals surface area contributed by atoms with Crippen LogP contribution in [0, 0.1) is 11.7 Å². The van der Waals surface area contributed by atoms with Crippen molar-refractivity contribution in [3.63, 3.8) is 0 Å². The Morgan fingerprint density at radius 3 is 2.48 bits per heavy atom. The van der Waals surface area contributed by atoms with Gasteiger partial charge >= 0.3 is 0 Å². The van der Waals surface area contributed by atoms with Gasteiger partial charge in [-0.3, -0.25) is 4.79 Å². The average Bonchev–Trinajstić information content (AvgIpc) is 2.78. The van der Waals surface area contributed by atoms with Crippen LogP contribution in [0.25, 0.3) is 6.08 Å². The van der Waals surface area contributed by atoms with Gasteiger partial charge in [0.15, 0.2) is 11.6 Å². The van der Waals surface area contributed by atoms with E-state index in [1.54, 1.807) is 24.1 Å². The number of rotatable bonds is 7. The predicted octanol–water partition coefficient (Wildman–Crippen LogP) is 3.51. The molecule has 6 nitrogen and oxygen atoms in total. The van der Waals surface area contributed by atoms with Crippen LogP contribution >= 0.6 is 0 Å². The van der Waals surface area contributed by atoms with Crippen molar-refractivity contribution < 1.29 is 22.3 Å². The van der Waals surface area contributed by atoms with Crippen LogP contribution in [0.4, 0.5) is 4.39 Å². The molecule has 0 spiro atoms. The molecule has 3 rings (SSSR count). The van der Waals surface area contributed by atoms with Crippen LogP contribution in [0.5, 0.6) is 5.75 Å². The van der Waals surface area contributed by atoms with Crippen LogP contribution in [0.3, 0.4) is 0 Å². The Balaban J connectivity index is 1.55. The van der Waals surface area contributed by atoms with Crippen LogP contribution < -0.4 is 4.74 Å². The van der Waals surface area contributed by atoms with Crippen molar-refractivity contribution >= 4 is 22.0 Å². The van der Waals surface area contributed by atoms with E-state index in [1.165, 1.54) is 29.0 Å². The Hall–Kier alpha value is -2.71. The standard InChI is InChI=1S/C23H27FN2O4S/c1-25(17-19-8-9-22(30-2)21(24)16-19)23(27)20-10-13-26(14-11-20)31(28,29)15-12-18-6-4-3-5-7-18/h3-9,12,15-16,20H,10-11,13-14,17H2,1-2H3/b15-12+. The molecule has 0 saturated carbocycles. The fourth-order valence-corrected chi connectivity index (χ4v) is 4.86. The van der Waals surface area contributed by atoms with Gasteiger partial charge in [-0.1, -0.05) is 36.4 Å². The van der Waals surface area contributed by atoms with Crippen molar-refractivity contribution in [2.24, 2.45) is 5.92 Å². The second-order valence-corrected chi connectivity index (χ2v) is 9.41. The number of hydrogen-bond acceptors (Lipinski definition) is 4. The number of methoxy groups -OCH3 is 1.